The summed E-state index contributed by atoms with van der Waals surface area (Å²) in [5.41, 5.74) is -1.83. The van der Waals surface area contributed by atoms with E-state index in [1.807, 2.05) is 32.9 Å². The second kappa shape index (κ2) is 17.4. The number of rotatable bonds is 20. The van der Waals surface area contributed by atoms with Gasteiger partial charge < -0.3 is 19.3 Å². The van der Waals surface area contributed by atoms with Gasteiger partial charge in [-0.3, -0.25) is 19.2 Å². The molecule has 2 fully saturated rings. The number of ketones is 1. The molecular formula is C42H66O8. The molecule has 0 heterocycles. The lowest BCUT2D eigenvalue weighted by Crippen LogP contribution is -2.63. The maximum absolute atomic E-state index is 13.6. The van der Waals surface area contributed by atoms with Gasteiger partial charge in [0.25, 0.3) is 0 Å². The third kappa shape index (κ3) is 8.26. The van der Waals surface area contributed by atoms with Gasteiger partial charge in [-0.25, -0.2) is 0 Å². The average molecular weight is 699 g/mol. The fraction of sp³-hybridized carbons (Fsp3) is 0.810. The molecule has 2 saturated carbocycles. The number of esters is 3. The topological polar surface area (TPSA) is 116 Å². The zero-order valence-corrected chi connectivity index (χ0v) is 32.2. The number of unbranched alkanes of at least 4 members (excludes halogenated alkanes) is 12. The van der Waals surface area contributed by atoms with Crippen molar-refractivity contribution >= 4 is 23.7 Å². The molecule has 0 bridgehead atoms. The van der Waals surface area contributed by atoms with E-state index in [1.54, 1.807) is 6.92 Å². The van der Waals surface area contributed by atoms with Crippen LogP contribution in [0.3, 0.4) is 0 Å². The van der Waals surface area contributed by atoms with Crippen molar-refractivity contribution in [3.8, 4) is 0 Å². The van der Waals surface area contributed by atoms with Crippen molar-refractivity contribution in [1.82, 2.24) is 0 Å². The Labute approximate surface area is 301 Å². The van der Waals surface area contributed by atoms with Crippen LogP contribution in [0.25, 0.3) is 0 Å². The first-order valence-corrected chi connectivity index (χ1v) is 20.0. The van der Waals surface area contributed by atoms with Gasteiger partial charge in [0.15, 0.2) is 11.4 Å². The molecule has 0 aliphatic heterocycles. The SMILES string of the molecule is CCCCCCCCCC(=O)OCC1=C[C@H]2[C@@H]3C(C)(C)[C@]3(OC(C)=O)[C@H](OC(=O)CCCCCCCCC)[C@@H](C)[C@]2(O)[C@@H]2C=C(C)C(=O)[C@@H]2C1. The number of carbonyl (C=O) groups excluding carboxylic acids is 4. The molecule has 0 unspecified atom stereocenters. The van der Waals surface area contributed by atoms with E-state index in [0.717, 1.165) is 50.5 Å². The van der Waals surface area contributed by atoms with Crippen LogP contribution < -0.4 is 0 Å². The van der Waals surface area contributed by atoms with Gasteiger partial charge in [0.05, 0.1) is 5.60 Å². The van der Waals surface area contributed by atoms with E-state index in [0.29, 0.717) is 18.4 Å². The van der Waals surface area contributed by atoms with Crippen molar-refractivity contribution in [1.29, 1.82) is 0 Å². The van der Waals surface area contributed by atoms with E-state index in [4.69, 9.17) is 14.2 Å². The highest BCUT2D eigenvalue weighted by molar-refractivity contribution is 6.00. The van der Waals surface area contributed by atoms with Gasteiger partial charge in [-0.2, -0.15) is 0 Å². The molecule has 0 spiro atoms. The standard InChI is InChI=1S/C42H66O8/c1-8-10-12-14-16-18-20-22-35(44)48-27-31-25-32-33(24-28(3)37(32)46)41(47)29(4)39(49-36(45)23-21-19-17-15-13-11-9-2)42(50-30(5)43)38(34(41)26-31)40(42,6)7/h24,26,29,32-34,38-39,47H,8-23,25,27H2,1-7H3/t29-,32-,33-,34+,38-,39-,41+,42-/m1/s1. The van der Waals surface area contributed by atoms with E-state index in [2.05, 4.69) is 13.8 Å². The summed E-state index contributed by atoms with van der Waals surface area (Å²) in [5.74, 6) is -3.69. The van der Waals surface area contributed by atoms with Gasteiger partial charge in [0, 0.05) is 54.8 Å². The molecule has 4 rings (SSSR count). The normalized spacial score (nSPS) is 32.1. The van der Waals surface area contributed by atoms with Gasteiger partial charge >= 0.3 is 17.9 Å². The number of hydrogen-bond donors (Lipinski definition) is 1. The lowest BCUT2D eigenvalue weighted by Gasteiger charge is -2.52. The molecule has 0 saturated heterocycles. The molecule has 0 aromatic rings. The Morgan fingerprint density at radius 1 is 0.820 bits per heavy atom. The lowest BCUT2D eigenvalue weighted by molar-refractivity contribution is -0.219. The Morgan fingerprint density at radius 3 is 1.92 bits per heavy atom. The summed E-state index contributed by atoms with van der Waals surface area (Å²) in [6.07, 6.45) is 19.3. The molecule has 0 aromatic carbocycles. The third-order valence-electron chi connectivity index (χ3n) is 12.6. The molecule has 8 atom stereocenters. The molecular weight excluding hydrogens is 632 g/mol. The average Bonchev–Trinajstić information content (AvgIpc) is 3.45. The minimum Gasteiger partial charge on any atom is -0.461 e. The van der Waals surface area contributed by atoms with Crippen LogP contribution >= 0.6 is 0 Å². The maximum atomic E-state index is 13.6. The highest BCUT2D eigenvalue weighted by atomic mass is 16.6. The van der Waals surface area contributed by atoms with Gasteiger partial charge in [0.2, 0.25) is 0 Å². The van der Waals surface area contributed by atoms with Crippen LogP contribution in [0, 0.1) is 35.0 Å². The Bertz CT molecular complexity index is 1280. The maximum Gasteiger partial charge on any atom is 0.306 e. The van der Waals surface area contributed by atoms with Crippen LogP contribution in [0.15, 0.2) is 23.3 Å². The van der Waals surface area contributed by atoms with Crippen molar-refractivity contribution in [2.75, 3.05) is 6.61 Å². The first-order valence-electron chi connectivity index (χ1n) is 20.0. The van der Waals surface area contributed by atoms with Crippen LogP contribution in [-0.4, -0.2) is 52.7 Å². The number of aliphatic hydroxyl groups is 1. The number of allylic oxidation sites excluding steroid dienone is 1. The minimum atomic E-state index is -1.46. The summed E-state index contributed by atoms with van der Waals surface area (Å²) in [7, 11) is 0. The number of Topliss-reactive ketones (excluding diaryl/α,β-unsaturated/α-hetero) is 1. The van der Waals surface area contributed by atoms with Crippen LogP contribution in [-0.2, 0) is 33.4 Å². The lowest BCUT2D eigenvalue weighted by atomic mass is 9.60. The number of fused-ring (bicyclic) bond motifs is 5. The van der Waals surface area contributed by atoms with Crippen LogP contribution in [0.5, 0.6) is 0 Å². The fourth-order valence-electron chi connectivity index (χ4n) is 9.89. The highest BCUT2D eigenvalue weighted by Crippen LogP contribution is 2.77. The first kappa shape index (κ1) is 40.3. The zero-order chi connectivity index (χ0) is 36.7. The van der Waals surface area contributed by atoms with Crippen molar-refractivity contribution in [3.63, 3.8) is 0 Å². The fourth-order valence-corrected chi connectivity index (χ4v) is 9.89. The summed E-state index contributed by atoms with van der Waals surface area (Å²) >= 11 is 0. The first-order chi connectivity index (χ1) is 23.8. The molecule has 0 amide bonds. The van der Waals surface area contributed by atoms with Crippen LogP contribution in [0.1, 0.15) is 158 Å². The van der Waals surface area contributed by atoms with E-state index >= 15 is 0 Å². The van der Waals surface area contributed by atoms with E-state index < -0.39 is 52.4 Å². The van der Waals surface area contributed by atoms with Gasteiger partial charge in [-0.1, -0.05) is 124 Å². The Morgan fingerprint density at radius 2 is 1.36 bits per heavy atom. The van der Waals surface area contributed by atoms with Crippen molar-refractivity contribution in [3.05, 3.63) is 23.3 Å². The molecule has 4 aliphatic carbocycles. The van der Waals surface area contributed by atoms with Gasteiger partial charge in [0.1, 0.15) is 12.7 Å². The quantitative estimate of drug-likeness (QED) is 0.0581. The summed E-state index contributed by atoms with van der Waals surface area (Å²) in [5, 5.41) is 13.1. The largest absolute Gasteiger partial charge is 0.461 e. The predicted molar refractivity (Wildman–Crippen MR) is 194 cm³/mol. The summed E-state index contributed by atoms with van der Waals surface area (Å²) in [6, 6.07) is 0. The Kier molecular flexibility index (Phi) is 14.0. The number of hydrogen-bond acceptors (Lipinski definition) is 8. The van der Waals surface area contributed by atoms with Gasteiger partial charge in [-0.05, 0) is 37.3 Å². The van der Waals surface area contributed by atoms with Crippen molar-refractivity contribution in [2.45, 2.75) is 175 Å². The Hall–Kier alpha value is -2.48. The summed E-state index contributed by atoms with van der Waals surface area (Å²) in [6.45, 7) is 13.5. The predicted octanol–water partition coefficient (Wildman–Crippen LogP) is 8.77. The van der Waals surface area contributed by atoms with Crippen LogP contribution in [0.2, 0.25) is 0 Å². The Balaban J connectivity index is 1.55. The third-order valence-corrected chi connectivity index (χ3v) is 12.6. The molecule has 8 heteroatoms. The number of ether oxygens (including phenoxy) is 3. The van der Waals surface area contributed by atoms with E-state index in [9.17, 15) is 24.3 Å². The number of carbonyl (C=O) groups is 4. The second-order valence-electron chi connectivity index (χ2n) is 16.5. The smallest absolute Gasteiger partial charge is 0.306 e. The molecule has 1 N–H and O–H groups in total. The zero-order valence-electron chi connectivity index (χ0n) is 32.2. The molecule has 8 nitrogen and oxygen atoms in total. The molecule has 0 aromatic heterocycles. The molecule has 50 heavy (non-hydrogen) atoms. The highest BCUT2D eigenvalue weighted by Gasteiger charge is 2.87. The van der Waals surface area contributed by atoms with Crippen LogP contribution in [0.4, 0.5) is 0 Å². The van der Waals surface area contributed by atoms with Crippen molar-refractivity contribution in [2.24, 2.45) is 35.0 Å². The summed E-state index contributed by atoms with van der Waals surface area (Å²) < 4.78 is 18.3. The minimum absolute atomic E-state index is 0.0177. The molecule has 4 aliphatic rings. The van der Waals surface area contributed by atoms with E-state index in [-0.39, 0.29) is 36.7 Å². The van der Waals surface area contributed by atoms with E-state index in [1.165, 1.54) is 51.9 Å². The monoisotopic (exact) mass is 698 g/mol. The summed E-state index contributed by atoms with van der Waals surface area (Å²) in [4.78, 5) is 52.6. The molecule has 282 valence electrons. The van der Waals surface area contributed by atoms with Gasteiger partial charge in [-0.15, -0.1) is 0 Å². The molecule has 0 radical (unpaired) electrons. The van der Waals surface area contributed by atoms with Crippen molar-refractivity contribution < 1.29 is 38.5 Å². The second-order valence-corrected chi connectivity index (χ2v) is 16.5.